The third kappa shape index (κ3) is 4.93. The topological polar surface area (TPSA) is 24.4 Å². The van der Waals surface area contributed by atoms with Crippen LogP contribution in [0, 0.1) is 11.8 Å². The molecule has 0 aromatic heterocycles. The van der Waals surface area contributed by atoms with Gasteiger partial charge in [-0.2, -0.15) is 0 Å². The summed E-state index contributed by atoms with van der Waals surface area (Å²) in [4.78, 5) is 4.47. The predicted octanol–water partition coefficient (Wildman–Crippen LogP) is 4.03. The van der Waals surface area contributed by atoms with Gasteiger partial charge in [-0.15, -0.1) is 0 Å². The van der Waals surface area contributed by atoms with E-state index >= 15 is 0 Å². The quantitative estimate of drug-likeness (QED) is 0.634. The third-order valence-corrected chi connectivity index (χ3v) is 3.68. The fourth-order valence-corrected chi connectivity index (χ4v) is 2.35. The molecule has 0 unspecified atom stereocenters. The highest BCUT2D eigenvalue weighted by atomic mass is 14.8. The maximum atomic E-state index is 4.47. The van der Waals surface area contributed by atoms with Gasteiger partial charge in [0.2, 0.25) is 0 Å². The second-order valence-electron chi connectivity index (χ2n) is 4.52. The average molecular weight is 238 g/mol. The van der Waals surface area contributed by atoms with Crippen LogP contribution in [0.25, 0.3) is 0 Å². The van der Waals surface area contributed by atoms with Gasteiger partial charge in [0.05, 0.1) is 0 Å². The van der Waals surface area contributed by atoms with Gasteiger partial charge in [-0.3, -0.25) is 4.99 Å². The highest BCUT2D eigenvalue weighted by molar-refractivity contribution is 5.97. The Balaban J connectivity index is 5.01. The molecule has 0 aliphatic carbocycles. The van der Waals surface area contributed by atoms with E-state index in [1.165, 1.54) is 37.1 Å². The maximum Gasteiger partial charge on any atom is 0.0392 e. The van der Waals surface area contributed by atoms with Crippen molar-refractivity contribution in [3.63, 3.8) is 0 Å². The smallest absolute Gasteiger partial charge is 0.0392 e. The molecule has 0 amide bonds. The molecule has 0 aliphatic rings. The molecule has 0 spiro atoms. The Labute approximate surface area is 108 Å². The molecule has 0 radical (unpaired) electrons. The van der Waals surface area contributed by atoms with E-state index in [0.717, 1.165) is 0 Å². The number of nitrogens with zero attached hydrogens (tertiary/aromatic N) is 1. The molecule has 17 heavy (non-hydrogen) atoms. The monoisotopic (exact) mass is 238 g/mol. The van der Waals surface area contributed by atoms with E-state index in [-0.39, 0.29) is 0 Å². The van der Waals surface area contributed by atoms with E-state index in [0.29, 0.717) is 11.8 Å². The van der Waals surface area contributed by atoms with E-state index in [9.17, 15) is 0 Å². The van der Waals surface area contributed by atoms with Crippen molar-refractivity contribution >= 4 is 5.71 Å². The predicted molar refractivity (Wildman–Crippen MR) is 78.6 cm³/mol. The van der Waals surface area contributed by atoms with Gasteiger partial charge in [-0.1, -0.05) is 27.7 Å². The molecule has 0 fully saturated rings. The molecule has 0 atom stereocenters. The van der Waals surface area contributed by atoms with Crippen LogP contribution < -0.4 is 5.32 Å². The van der Waals surface area contributed by atoms with Crippen molar-refractivity contribution in [2.24, 2.45) is 16.8 Å². The van der Waals surface area contributed by atoms with Crippen LogP contribution in [0.4, 0.5) is 0 Å². The van der Waals surface area contributed by atoms with Gasteiger partial charge in [-0.05, 0) is 37.7 Å². The molecule has 2 heteroatoms. The van der Waals surface area contributed by atoms with E-state index in [4.69, 9.17) is 0 Å². The van der Waals surface area contributed by atoms with Gasteiger partial charge in [0.15, 0.2) is 0 Å². The van der Waals surface area contributed by atoms with E-state index in [2.05, 4.69) is 44.1 Å². The lowest BCUT2D eigenvalue weighted by molar-refractivity contribution is 0.540. The molecule has 0 saturated heterocycles. The SMILES string of the molecule is CCC(CC)C(/C=C(\NC)C(CC)CC)=NC. The van der Waals surface area contributed by atoms with E-state index < -0.39 is 0 Å². The van der Waals surface area contributed by atoms with Gasteiger partial charge in [-0.25, -0.2) is 0 Å². The minimum absolute atomic E-state index is 0.595. The molecule has 100 valence electrons. The number of rotatable bonds is 8. The van der Waals surface area contributed by atoms with Crippen molar-refractivity contribution in [2.75, 3.05) is 14.1 Å². The number of hydrogen-bond donors (Lipinski definition) is 1. The Kier molecular flexibility index (Phi) is 8.83. The Morgan fingerprint density at radius 3 is 1.76 bits per heavy atom. The largest absolute Gasteiger partial charge is 0.391 e. The molecule has 0 bridgehead atoms. The molecule has 0 rings (SSSR count). The minimum atomic E-state index is 0.595. The van der Waals surface area contributed by atoms with Crippen molar-refractivity contribution in [2.45, 2.75) is 53.4 Å². The summed E-state index contributed by atoms with van der Waals surface area (Å²) in [5.74, 6) is 1.23. The minimum Gasteiger partial charge on any atom is -0.391 e. The average Bonchev–Trinajstić information content (AvgIpc) is 2.37. The van der Waals surface area contributed by atoms with E-state index in [1.807, 2.05) is 14.1 Å². The van der Waals surface area contributed by atoms with Crippen LogP contribution in [0.5, 0.6) is 0 Å². The van der Waals surface area contributed by atoms with Gasteiger partial charge in [0.1, 0.15) is 0 Å². The molecule has 1 N–H and O–H groups in total. The van der Waals surface area contributed by atoms with Gasteiger partial charge in [0.25, 0.3) is 0 Å². The van der Waals surface area contributed by atoms with Crippen molar-refractivity contribution in [3.05, 3.63) is 11.8 Å². The molecule has 0 saturated carbocycles. The lowest BCUT2D eigenvalue weighted by Gasteiger charge is -2.19. The summed E-state index contributed by atoms with van der Waals surface area (Å²) in [5, 5.41) is 3.35. The number of allylic oxidation sites excluding steroid dienone is 2. The Bertz CT molecular complexity index is 246. The second kappa shape index (κ2) is 9.26. The summed E-state index contributed by atoms with van der Waals surface area (Å²) in [6, 6.07) is 0. The zero-order valence-corrected chi connectivity index (χ0v) is 12.5. The lowest BCUT2D eigenvalue weighted by Crippen LogP contribution is -2.19. The fourth-order valence-electron chi connectivity index (χ4n) is 2.35. The summed E-state index contributed by atoms with van der Waals surface area (Å²) in [6.45, 7) is 8.98. The maximum absolute atomic E-state index is 4.47. The first-order chi connectivity index (χ1) is 8.18. The first kappa shape index (κ1) is 16.2. The lowest BCUT2D eigenvalue weighted by atomic mass is 9.92. The molecular weight excluding hydrogens is 208 g/mol. The summed E-state index contributed by atoms with van der Waals surface area (Å²) >= 11 is 0. The highest BCUT2D eigenvalue weighted by Crippen LogP contribution is 2.19. The van der Waals surface area contributed by atoms with E-state index in [1.54, 1.807) is 0 Å². The summed E-state index contributed by atoms with van der Waals surface area (Å²) < 4.78 is 0. The highest BCUT2D eigenvalue weighted by Gasteiger charge is 2.13. The summed E-state index contributed by atoms with van der Waals surface area (Å²) in [7, 11) is 3.93. The van der Waals surface area contributed by atoms with Crippen LogP contribution in [0.3, 0.4) is 0 Å². The van der Waals surface area contributed by atoms with Crippen molar-refractivity contribution in [1.82, 2.24) is 5.32 Å². The first-order valence-corrected chi connectivity index (χ1v) is 7.04. The first-order valence-electron chi connectivity index (χ1n) is 7.04. The van der Waals surface area contributed by atoms with Crippen LogP contribution in [-0.2, 0) is 0 Å². The van der Waals surface area contributed by atoms with Crippen LogP contribution >= 0.6 is 0 Å². The van der Waals surface area contributed by atoms with Crippen LogP contribution in [0.2, 0.25) is 0 Å². The molecule has 0 heterocycles. The van der Waals surface area contributed by atoms with Gasteiger partial charge in [0, 0.05) is 31.4 Å². The standard InChI is InChI=1S/C15H30N2/c1-7-12(8-2)14(16-5)11-15(17-6)13(9-3)10-4/h11-13,16H,7-10H2,1-6H3/b14-11-,17-15?. The summed E-state index contributed by atoms with van der Waals surface area (Å²) in [5.41, 5.74) is 2.58. The number of hydrogen-bond acceptors (Lipinski definition) is 2. The van der Waals surface area contributed by atoms with Gasteiger partial charge >= 0.3 is 0 Å². The molecule has 0 aromatic rings. The molecule has 2 nitrogen and oxygen atoms in total. The van der Waals surface area contributed by atoms with Crippen LogP contribution in [0.15, 0.2) is 16.8 Å². The Hall–Kier alpha value is -0.790. The number of aliphatic imine (C=N–C) groups is 1. The Morgan fingerprint density at radius 2 is 1.47 bits per heavy atom. The zero-order valence-electron chi connectivity index (χ0n) is 12.5. The second-order valence-corrected chi connectivity index (χ2v) is 4.52. The van der Waals surface area contributed by atoms with Crippen molar-refractivity contribution in [1.29, 1.82) is 0 Å². The normalized spacial score (nSPS) is 13.6. The third-order valence-electron chi connectivity index (χ3n) is 3.68. The Morgan fingerprint density at radius 1 is 1.00 bits per heavy atom. The zero-order chi connectivity index (χ0) is 13.3. The van der Waals surface area contributed by atoms with Gasteiger partial charge < -0.3 is 5.32 Å². The molecule has 0 aromatic carbocycles. The molecule has 0 aliphatic heterocycles. The fraction of sp³-hybridized carbons (Fsp3) is 0.800. The van der Waals surface area contributed by atoms with Crippen LogP contribution in [0.1, 0.15) is 53.4 Å². The molecular formula is C15H30N2. The number of nitrogens with one attached hydrogen (secondary N) is 1. The van der Waals surface area contributed by atoms with Crippen molar-refractivity contribution < 1.29 is 0 Å². The van der Waals surface area contributed by atoms with Crippen molar-refractivity contribution in [3.8, 4) is 0 Å². The van der Waals surface area contributed by atoms with Crippen LogP contribution in [-0.4, -0.2) is 19.8 Å². The summed E-state index contributed by atoms with van der Waals surface area (Å²) in [6.07, 6.45) is 6.97.